The lowest BCUT2D eigenvalue weighted by atomic mass is 9.90. The number of carbonyl (C=O) groups is 1. The molecule has 1 unspecified atom stereocenters. The van der Waals surface area contributed by atoms with Crippen LogP contribution in [0.15, 0.2) is 29.2 Å². The van der Waals surface area contributed by atoms with Gasteiger partial charge >= 0.3 is 6.61 Å². The molecule has 0 radical (unpaired) electrons. The van der Waals surface area contributed by atoms with E-state index in [1.165, 1.54) is 11.1 Å². The molecule has 0 saturated carbocycles. The Balaban J connectivity index is 2.05. The summed E-state index contributed by atoms with van der Waals surface area (Å²) in [5.41, 5.74) is -1.29. The summed E-state index contributed by atoms with van der Waals surface area (Å²) in [6, 6.07) is 2.89. The fourth-order valence-electron chi connectivity index (χ4n) is 3.48. The second-order valence-electron chi connectivity index (χ2n) is 7.62. The summed E-state index contributed by atoms with van der Waals surface area (Å²) in [7, 11) is 0. The van der Waals surface area contributed by atoms with Crippen molar-refractivity contribution in [2.24, 2.45) is 5.41 Å². The lowest BCUT2D eigenvalue weighted by molar-refractivity contribution is -0.118. The highest BCUT2D eigenvalue weighted by Crippen LogP contribution is 2.49. The number of anilines is 2. The molecule has 1 saturated heterocycles. The largest absolute Gasteiger partial charge is 0.429 e. The fourth-order valence-corrected chi connectivity index (χ4v) is 4.14. The first-order valence-electron chi connectivity index (χ1n) is 8.72. The fraction of sp³-hybridized carbons (Fsp3) is 0.389. The summed E-state index contributed by atoms with van der Waals surface area (Å²) in [6.07, 6.45) is 1.32. The van der Waals surface area contributed by atoms with E-state index in [4.69, 9.17) is 0 Å². The minimum Gasteiger partial charge on any atom is -0.429 e. The average molecular weight is 446 g/mol. The Kier molecular flexibility index (Phi) is 5.72. The van der Waals surface area contributed by atoms with Gasteiger partial charge in [0.25, 0.3) is 11.5 Å². The van der Waals surface area contributed by atoms with E-state index in [2.05, 4.69) is 32.9 Å². The molecule has 3 rings (SSSR count). The summed E-state index contributed by atoms with van der Waals surface area (Å²) in [6.45, 7) is 0.282. The molecule has 0 aliphatic carbocycles. The van der Waals surface area contributed by atoms with Crippen LogP contribution in [0.3, 0.4) is 0 Å². The summed E-state index contributed by atoms with van der Waals surface area (Å²) >= 11 is 4.50. The minimum absolute atomic E-state index is 0.0798. The first kappa shape index (κ1) is 21.9. The predicted octanol–water partition coefficient (Wildman–Crippen LogP) is 3.15. The Hall–Kier alpha value is -2.76. The lowest BCUT2D eigenvalue weighted by Gasteiger charge is -2.35. The smallest absolute Gasteiger partial charge is 0.387 e. The van der Waals surface area contributed by atoms with Crippen LogP contribution in [0.25, 0.3) is 0 Å². The highest BCUT2D eigenvalue weighted by molar-refractivity contribution is 7.83. The molecule has 12 heteroatoms. The molecular formula is C18H18F4N4O3S. The van der Waals surface area contributed by atoms with E-state index in [0.717, 1.165) is 18.2 Å². The number of rotatable bonds is 5. The zero-order chi connectivity index (χ0) is 22.3. The molecule has 1 aliphatic rings. The van der Waals surface area contributed by atoms with Crippen LogP contribution in [0.2, 0.25) is 0 Å². The van der Waals surface area contributed by atoms with E-state index in [0.29, 0.717) is 0 Å². The van der Waals surface area contributed by atoms with Crippen LogP contribution >= 0.6 is 12.6 Å². The summed E-state index contributed by atoms with van der Waals surface area (Å²) in [5, 5.41) is 8.23. The van der Waals surface area contributed by atoms with Gasteiger partial charge in [-0.1, -0.05) is 13.8 Å². The third-order valence-electron chi connectivity index (χ3n) is 4.57. The molecule has 7 nitrogen and oxygen atoms in total. The van der Waals surface area contributed by atoms with Gasteiger partial charge in [-0.05, 0) is 24.0 Å². The van der Waals surface area contributed by atoms with E-state index in [1.54, 1.807) is 13.8 Å². The van der Waals surface area contributed by atoms with Gasteiger partial charge in [-0.2, -0.15) is 18.3 Å². The van der Waals surface area contributed by atoms with Crippen LogP contribution in [0, 0.1) is 17.0 Å². The second-order valence-corrected chi connectivity index (χ2v) is 8.36. The van der Waals surface area contributed by atoms with Gasteiger partial charge in [0.2, 0.25) is 5.82 Å². The molecule has 0 spiro atoms. The maximum Gasteiger partial charge on any atom is 0.387 e. The molecule has 1 atom stereocenters. The van der Waals surface area contributed by atoms with Gasteiger partial charge in [0, 0.05) is 12.6 Å². The maximum atomic E-state index is 14.3. The molecule has 1 amide bonds. The Morgan fingerprint density at radius 2 is 2.07 bits per heavy atom. The molecule has 0 bridgehead atoms. The number of carbonyl (C=O) groups excluding carboxylic acids is 1. The third kappa shape index (κ3) is 4.23. The molecule has 2 heterocycles. The van der Waals surface area contributed by atoms with Gasteiger partial charge in [-0.3, -0.25) is 9.59 Å². The highest BCUT2D eigenvalue weighted by atomic mass is 32.1. The zero-order valence-corrected chi connectivity index (χ0v) is 16.8. The molecular weight excluding hydrogens is 428 g/mol. The van der Waals surface area contributed by atoms with Crippen molar-refractivity contribution in [2.75, 3.05) is 16.8 Å². The predicted molar refractivity (Wildman–Crippen MR) is 104 cm³/mol. The number of alkyl halides is 2. The average Bonchev–Trinajstić information content (AvgIpc) is 2.89. The van der Waals surface area contributed by atoms with Gasteiger partial charge in [-0.15, -0.1) is 12.6 Å². The van der Waals surface area contributed by atoms with Crippen molar-refractivity contribution in [1.82, 2.24) is 10.2 Å². The van der Waals surface area contributed by atoms with Crippen LogP contribution in [-0.2, 0) is 4.79 Å². The van der Waals surface area contributed by atoms with Gasteiger partial charge in [-0.25, -0.2) is 9.49 Å². The molecule has 1 aromatic carbocycles. The SMILES string of the molecule is CC1(C)CN(c2ccc(F)c(F)c2OC(F)F)C(S)(C(=O)Nc2cn[nH]c(=O)c2)C1. The van der Waals surface area contributed by atoms with E-state index in [1.807, 2.05) is 0 Å². The first-order chi connectivity index (χ1) is 13.9. The monoisotopic (exact) mass is 446 g/mol. The number of hydrogen-bond donors (Lipinski definition) is 3. The van der Waals surface area contributed by atoms with E-state index in [-0.39, 0.29) is 24.3 Å². The van der Waals surface area contributed by atoms with E-state index in [9.17, 15) is 27.2 Å². The summed E-state index contributed by atoms with van der Waals surface area (Å²) in [4.78, 5) is 24.1. The van der Waals surface area contributed by atoms with Crippen LogP contribution in [0.5, 0.6) is 5.75 Å². The normalized spacial score (nSPS) is 20.5. The maximum absolute atomic E-state index is 14.3. The number of nitrogens with one attached hydrogen (secondary N) is 2. The number of H-pyrrole nitrogens is 1. The number of halogens is 4. The van der Waals surface area contributed by atoms with Crippen LogP contribution in [-0.4, -0.2) is 34.1 Å². The molecule has 2 aromatic rings. The number of amides is 1. The molecule has 1 fully saturated rings. The number of aromatic nitrogens is 2. The number of ether oxygens (including phenoxy) is 1. The molecule has 162 valence electrons. The lowest BCUT2D eigenvalue weighted by Crippen LogP contribution is -2.49. The van der Waals surface area contributed by atoms with Crippen molar-refractivity contribution in [2.45, 2.75) is 31.8 Å². The highest BCUT2D eigenvalue weighted by Gasteiger charge is 2.53. The molecule has 2 N–H and O–H groups in total. The molecule has 1 aliphatic heterocycles. The quantitative estimate of drug-likeness (QED) is 0.485. The van der Waals surface area contributed by atoms with Crippen LogP contribution < -0.4 is 20.5 Å². The number of nitrogens with zero attached hydrogens (tertiary/aromatic N) is 2. The van der Waals surface area contributed by atoms with Crippen LogP contribution in [0.1, 0.15) is 20.3 Å². The molecule has 1 aromatic heterocycles. The number of hydrogen-bond acceptors (Lipinski definition) is 6. The van der Waals surface area contributed by atoms with Gasteiger partial charge in [0.1, 0.15) is 0 Å². The minimum atomic E-state index is -3.42. The van der Waals surface area contributed by atoms with Gasteiger partial charge < -0.3 is 15.0 Å². The number of thiol groups is 1. The van der Waals surface area contributed by atoms with E-state index >= 15 is 0 Å². The van der Waals surface area contributed by atoms with Crippen molar-refractivity contribution >= 4 is 29.9 Å². The van der Waals surface area contributed by atoms with Crippen molar-refractivity contribution in [3.63, 3.8) is 0 Å². The number of aromatic amines is 1. The van der Waals surface area contributed by atoms with Crippen LogP contribution in [0.4, 0.5) is 28.9 Å². The van der Waals surface area contributed by atoms with E-state index < -0.39 is 45.7 Å². The molecule has 30 heavy (non-hydrogen) atoms. The van der Waals surface area contributed by atoms with Gasteiger partial charge in [0.15, 0.2) is 16.4 Å². The number of benzene rings is 1. The summed E-state index contributed by atoms with van der Waals surface area (Å²) < 4.78 is 57.9. The first-order valence-corrected chi connectivity index (χ1v) is 9.17. The second kappa shape index (κ2) is 7.82. The van der Waals surface area contributed by atoms with Crippen molar-refractivity contribution in [3.05, 3.63) is 46.4 Å². The standard InChI is InChI=1S/C18H18F4N4O3S/c1-17(2)7-18(30,15(28)24-9-5-12(27)25-23-6-9)26(8-17)11-4-3-10(19)13(20)14(11)29-16(21)22/h3-6,16,30H,7-8H2,1-2H3,(H2,24,25,27,28). The zero-order valence-electron chi connectivity index (χ0n) is 15.9. The van der Waals surface area contributed by atoms with Crippen molar-refractivity contribution in [1.29, 1.82) is 0 Å². The third-order valence-corrected chi connectivity index (χ3v) is 5.17. The van der Waals surface area contributed by atoms with Crippen molar-refractivity contribution in [3.8, 4) is 5.75 Å². The Bertz CT molecular complexity index is 1030. The topological polar surface area (TPSA) is 87.3 Å². The summed E-state index contributed by atoms with van der Waals surface area (Å²) in [5.74, 6) is -4.72. The Morgan fingerprint density at radius 1 is 1.37 bits per heavy atom. The van der Waals surface area contributed by atoms with Crippen molar-refractivity contribution < 1.29 is 27.1 Å². The van der Waals surface area contributed by atoms with Gasteiger partial charge in [0.05, 0.1) is 17.6 Å². The Labute approximate surface area is 173 Å². The Morgan fingerprint density at radius 3 is 2.70 bits per heavy atom.